The summed E-state index contributed by atoms with van der Waals surface area (Å²) in [5.74, 6) is -0.336. The first-order valence-electron chi connectivity index (χ1n) is 4.38. The zero-order valence-corrected chi connectivity index (χ0v) is 8.10. The highest BCUT2D eigenvalue weighted by Gasteiger charge is 2.08. The number of ether oxygens (including phenoxy) is 1. The second-order valence-corrected chi connectivity index (χ2v) is 3.06. The summed E-state index contributed by atoms with van der Waals surface area (Å²) in [6.07, 6.45) is 1.46. The normalized spacial score (nSPS) is 10.2. The molecule has 2 aromatic rings. The number of aromatic hydroxyl groups is 1. The van der Waals surface area contributed by atoms with Crippen molar-refractivity contribution in [1.82, 2.24) is 4.98 Å². The van der Waals surface area contributed by atoms with Gasteiger partial charge in [0.25, 0.3) is 0 Å². The fourth-order valence-electron chi connectivity index (χ4n) is 1.37. The van der Waals surface area contributed by atoms with Crippen molar-refractivity contribution >= 4 is 16.7 Å². The average molecular weight is 203 g/mol. The summed E-state index contributed by atoms with van der Waals surface area (Å²) in [5.41, 5.74) is 0.232. The monoisotopic (exact) mass is 203 g/mol. The first-order chi connectivity index (χ1) is 7.22. The third-order valence-electron chi connectivity index (χ3n) is 2.14. The maximum atomic E-state index is 11.2. The quantitative estimate of drug-likeness (QED) is 0.717. The van der Waals surface area contributed by atoms with Gasteiger partial charge in [0.15, 0.2) is 0 Å². The van der Waals surface area contributed by atoms with Crippen molar-refractivity contribution in [3.63, 3.8) is 0 Å². The Balaban J connectivity index is 2.62. The molecule has 76 valence electrons. The van der Waals surface area contributed by atoms with Crippen molar-refractivity contribution < 1.29 is 14.6 Å². The fourth-order valence-corrected chi connectivity index (χ4v) is 1.37. The number of pyridine rings is 1. The molecule has 0 aliphatic heterocycles. The summed E-state index contributed by atoms with van der Waals surface area (Å²) in [6.45, 7) is 0. The molecule has 4 nitrogen and oxygen atoms in total. The van der Waals surface area contributed by atoms with E-state index in [-0.39, 0.29) is 11.4 Å². The number of phenols is 1. The molecule has 0 atom stereocenters. The van der Waals surface area contributed by atoms with Crippen molar-refractivity contribution in [3.8, 4) is 5.75 Å². The van der Waals surface area contributed by atoms with Gasteiger partial charge < -0.3 is 9.84 Å². The molecule has 1 heterocycles. The SMILES string of the molecule is COC(=O)c1cc2cccc(O)c2cn1. The predicted octanol–water partition coefficient (Wildman–Crippen LogP) is 1.73. The van der Waals surface area contributed by atoms with Crippen LogP contribution in [0.5, 0.6) is 5.75 Å². The Hall–Kier alpha value is -2.10. The zero-order chi connectivity index (χ0) is 10.8. The number of esters is 1. The second kappa shape index (κ2) is 3.57. The summed E-state index contributed by atoms with van der Waals surface area (Å²) in [6, 6.07) is 6.66. The highest BCUT2D eigenvalue weighted by molar-refractivity contribution is 5.94. The molecule has 4 heteroatoms. The van der Waals surface area contributed by atoms with Gasteiger partial charge in [0, 0.05) is 11.6 Å². The minimum Gasteiger partial charge on any atom is -0.507 e. The van der Waals surface area contributed by atoms with Gasteiger partial charge in [-0.3, -0.25) is 0 Å². The van der Waals surface area contributed by atoms with E-state index in [1.54, 1.807) is 24.3 Å². The molecule has 0 aliphatic carbocycles. The van der Waals surface area contributed by atoms with Gasteiger partial charge in [0.05, 0.1) is 7.11 Å². The van der Waals surface area contributed by atoms with Gasteiger partial charge in [-0.25, -0.2) is 9.78 Å². The highest BCUT2D eigenvalue weighted by Crippen LogP contribution is 2.23. The third kappa shape index (κ3) is 1.61. The number of hydrogen-bond donors (Lipinski definition) is 1. The molecule has 0 fully saturated rings. The lowest BCUT2D eigenvalue weighted by Gasteiger charge is -2.02. The maximum absolute atomic E-state index is 11.2. The number of phenolic OH excluding ortho intramolecular Hbond substituents is 1. The van der Waals surface area contributed by atoms with E-state index in [4.69, 9.17) is 0 Å². The first kappa shape index (κ1) is 9.45. The number of nitrogens with zero attached hydrogens (tertiary/aromatic N) is 1. The van der Waals surface area contributed by atoms with E-state index < -0.39 is 5.97 Å². The second-order valence-electron chi connectivity index (χ2n) is 3.06. The van der Waals surface area contributed by atoms with Gasteiger partial charge in [0.2, 0.25) is 0 Å². The van der Waals surface area contributed by atoms with Crippen LogP contribution in [-0.4, -0.2) is 23.2 Å². The van der Waals surface area contributed by atoms with Crippen LogP contribution in [0.15, 0.2) is 30.5 Å². The lowest BCUT2D eigenvalue weighted by Crippen LogP contribution is -2.03. The topological polar surface area (TPSA) is 59.4 Å². The number of benzene rings is 1. The summed E-state index contributed by atoms with van der Waals surface area (Å²) in [7, 11) is 1.30. The smallest absolute Gasteiger partial charge is 0.356 e. The molecule has 2 rings (SSSR count). The Labute approximate surface area is 86.1 Å². The number of aromatic nitrogens is 1. The van der Waals surface area contributed by atoms with Crippen LogP contribution < -0.4 is 0 Å². The Kier molecular flexibility index (Phi) is 2.25. The molecule has 1 aromatic heterocycles. The molecular weight excluding hydrogens is 194 g/mol. The molecule has 0 unspecified atom stereocenters. The number of fused-ring (bicyclic) bond motifs is 1. The van der Waals surface area contributed by atoms with E-state index in [0.29, 0.717) is 5.39 Å². The predicted molar refractivity (Wildman–Crippen MR) is 54.7 cm³/mol. The van der Waals surface area contributed by atoms with Crippen LogP contribution in [-0.2, 0) is 4.74 Å². The standard InChI is InChI=1S/C11H9NO3/c1-15-11(14)9-5-7-3-2-4-10(13)8(7)6-12-9/h2-6,13H,1H3. The fraction of sp³-hybridized carbons (Fsp3) is 0.0909. The highest BCUT2D eigenvalue weighted by atomic mass is 16.5. The molecule has 0 radical (unpaired) electrons. The Morgan fingerprint density at radius 1 is 1.47 bits per heavy atom. The number of hydrogen-bond acceptors (Lipinski definition) is 4. The van der Waals surface area contributed by atoms with E-state index >= 15 is 0 Å². The molecule has 15 heavy (non-hydrogen) atoms. The summed E-state index contributed by atoms with van der Waals surface area (Å²) >= 11 is 0. The van der Waals surface area contributed by atoms with Crippen molar-refractivity contribution in [3.05, 3.63) is 36.2 Å². The Bertz CT molecular complexity index is 522. The molecule has 0 aliphatic rings. The Morgan fingerprint density at radius 2 is 2.27 bits per heavy atom. The molecule has 1 N–H and O–H groups in total. The lowest BCUT2D eigenvalue weighted by atomic mass is 10.1. The van der Waals surface area contributed by atoms with E-state index in [1.807, 2.05) is 0 Å². The molecule has 0 spiro atoms. The van der Waals surface area contributed by atoms with Crippen LogP contribution in [0.25, 0.3) is 10.8 Å². The minimum absolute atomic E-state index is 0.149. The van der Waals surface area contributed by atoms with Crippen LogP contribution in [0.4, 0.5) is 0 Å². The molecular formula is C11H9NO3. The van der Waals surface area contributed by atoms with Crippen molar-refractivity contribution in [2.75, 3.05) is 7.11 Å². The van der Waals surface area contributed by atoms with Gasteiger partial charge in [-0.2, -0.15) is 0 Å². The van der Waals surface area contributed by atoms with Crippen LogP contribution in [0.3, 0.4) is 0 Å². The van der Waals surface area contributed by atoms with Crippen molar-refractivity contribution in [2.45, 2.75) is 0 Å². The van der Waals surface area contributed by atoms with E-state index in [1.165, 1.54) is 13.3 Å². The molecule has 0 bridgehead atoms. The molecule has 1 aromatic carbocycles. The van der Waals surface area contributed by atoms with Gasteiger partial charge in [-0.05, 0) is 17.5 Å². The summed E-state index contributed by atoms with van der Waals surface area (Å²) in [5, 5.41) is 10.9. The maximum Gasteiger partial charge on any atom is 0.356 e. The number of carbonyl (C=O) groups excluding carboxylic acids is 1. The van der Waals surface area contributed by atoms with Crippen LogP contribution in [0.2, 0.25) is 0 Å². The summed E-state index contributed by atoms with van der Waals surface area (Å²) in [4.78, 5) is 15.1. The number of methoxy groups -OCH3 is 1. The molecule has 0 saturated heterocycles. The lowest BCUT2D eigenvalue weighted by molar-refractivity contribution is 0.0594. The number of carbonyl (C=O) groups is 1. The average Bonchev–Trinajstić information content (AvgIpc) is 2.28. The first-order valence-corrected chi connectivity index (χ1v) is 4.38. The third-order valence-corrected chi connectivity index (χ3v) is 2.14. The summed E-state index contributed by atoms with van der Waals surface area (Å²) < 4.78 is 4.55. The van der Waals surface area contributed by atoms with Crippen LogP contribution in [0, 0.1) is 0 Å². The Morgan fingerprint density at radius 3 is 3.00 bits per heavy atom. The van der Waals surface area contributed by atoms with Gasteiger partial charge >= 0.3 is 5.97 Å². The minimum atomic E-state index is -0.486. The van der Waals surface area contributed by atoms with E-state index in [0.717, 1.165) is 5.39 Å². The van der Waals surface area contributed by atoms with Crippen LogP contribution in [0.1, 0.15) is 10.5 Å². The van der Waals surface area contributed by atoms with Gasteiger partial charge in [-0.1, -0.05) is 12.1 Å². The largest absolute Gasteiger partial charge is 0.507 e. The van der Waals surface area contributed by atoms with Crippen molar-refractivity contribution in [1.29, 1.82) is 0 Å². The van der Waals surface area contributed by atoms with Crippen molar-refractivity contribution in [2.24, 2.45) is 0 Å². The van der Waals surface area contributed by atoms with Gasteiger partial charge in [0.1, 0.15) is 11.4 Å². The van der Waals surface area contributed by atoms with Crippen LogP contribution >= 0.6 is 0 Å². The van der Waals surface area contributed by atoms with Gasteiger partial charge in [-0.15, -0.1) is 0 Å². The zero-order valence-electron chi connectivity index (χ0n) is 8.10. The molecule has 0 saturated carbocycles. The van der Waals surface area contributed by atoms with E-state index in [2.05, 4.69) is 9.72 Å². The molecule has 0 amide bonds. The number of rotatable bonds is 1. The van der Waals surface area contributed by atoms with E-state index in [9.17, 15) is 9.90 Å².